The Morgan fingerprint density at radius 3 is 2.44 bits per heavy atom. The van der Waals surface area contributed by atoms with Gasteiger partial charge >= 0.3 is 5.97 Å². The van der Waals surface area contributed by atoms with Gasteiger partial charge in [0.2, 0.25) is 0 Å². The summed E-state index contributed by atoms with van der Waals surface area (Å²) in [6, 6.07) is 3.95. The van der Waals surface area contributed by atoms with Crippen molar-refractivity contribution in [2.45, 2.75) is 118 Å². The maximum Gasteiger partial charge on any atom is 0.307 e. The minimum absolute atomic E-state index is 0.0800. The number of likely N-dealkylation sites (N-methyl/N-ethyl adjacent to an activating group) is 1. The van der Waals surface area contributed by atoms with Crippen LogP contribution in [0.1, 0.15) is 106 Å². The third kappa shape index (κ3) is 5.38. The molecule has 0 radical (unpaired) electrons. The molecule has 3 saturated carbocycles. The number of rotatable bonds is 9. The average Bonchev–Trinajstić information content (AvgIpc) is 3.65. The summed E-state index contributed by atoms with van der Waals surface area (Å²) in [7, 11) is 2.06. The number of nitrogens with one attached hydrogen (secondary N) is 1. The van der Waals surface area contributed by atoms with E-state index in [9.17, 15) is 9.90 Å². The van der Waals surface area contributed by atoms with E-state index in [-0.39, 0.29) is 39.8 Å². The van der Waals surface area contributed by atoms with Crippen molar-refractivity contribution in [3.63, 3.8) is 0 Å². The zero-order valence-corrected chi connectivity index (χ0v) is 34.1. The van der Waals surface area contributed by atoms with Crippen LogP contribution in [-0.2, 0) is 19.0 Å². The normalized spacial score (nSPS) is 41.9. The zero-order chi connectivity index (χ0) is 38.3. The van der Waals surface area contributed by atoms with Gasteiger partial charge in [-0.05, 0) is 116 Å². The van der Waals surface area contributed by atoms with Crippen molar-refractivity contribution in [2.75, 3.05) is 40.1 Å². The molecule has 4 heterocycles. The molecule has 0 amide bonds. The highest BCUT2D eigenvalue weighted by Gasteiger charge is 2.73. The van der Waals surface area contributed by atoms with E-state index in [4.69, 9.17) is 24.3 Å². The first kappa shape index (κ1) is 38.2. The Kier molecular flexibility index (Phi) is 9.54. The molecule has 2 N–H and O–H groups in total. The molecule has 8 rings (SSSR count). The predicted octanol–water partition coefficient (Wildman–Crippen LogP) is 7.62. The molecule has 10 nitrogen and oxygen atoms in total. The van der Waals surface area contributed by atoms with Crippen molar-refractivity contribution in [1.29, 1.82) is 0 Å². The SMILES string of the molecule is CNC1(CO[C@H]2[C@H](n3ncnc3-c3ccncc3)C[C@]3(C)COC[C@@]24C2=CC[C@@]5(C)[C@H](C(=O)O)[C@@](C)([C@H](C)C(C)C)CC[C@]5(C)[C@H]2CC[C@H]34)CCOCC1. The van der Waals surface area contributed by atoms with Gasteiger partial charge in [0.05, 0.1) is 37.9 Å². The zero-order valence-electron chi connectivity index (χ0n) is 34.1. The third-order valence-electron chi connectivity index (χ3n) is 17.4. The van der Waals surface area contributed by atoms with Crippen molar-refractivity contribution >= 4 is 5.97 Å². The van der Waals surface area contributed by atoms with Crippen LogP contribution >= 0.6 is 0 Å². The van der Waals surface area contributed by atoms with Crippen LogP contribution in [0.25, 0.3) is 11.4 Å². The van der Waals surface area contributed by atoms with Gasteiger partial charge < -0.3 is 24.6 Å². The molecule has 0 unspecified atom stereocenters. The van der Waals surface area contributed by atoms with E-state index in [0.717, 1.165) is 62.8 Å². The lowest BCUT2D eigenvalue weighted by Crippen LogP contribution is -2.70. The summed E-state index contributed by atoms with van der Waals surface area (Å²) in [6.07, 6.45) is 15.1. The molecular weight excluding hydrogens is 679 g/mol. The lowest BCUT2D eigenvalue weighted by molar-refractivity contribution is -0.255. The number of carboxylic acids is 1. The van der Waals surface area contributed by atoms with Crippen LogP contribution in [0.2, 0.25) is 0 Å². The first-order chi connectivity index (χ1) is 25.7. The Morgan fingerprint density at radius 2 is 1.76 bits per heavy atom. The molecule has 5 fully saturated rings. The maximum atomic E-state index is 13.7. The second-order valence-corrected chi connectivity index (χ2v) is 19.8. The molecular formula is C44H65N5O5. The Hall–Kier alpha value is -2.66. The van der Waals surface area contributed by atoms with Crippen LogP contribution in [0.5, 0.6) is 0 Å². The number of aromatic nitrogens is 4. The van der Waals surface area contributed by atoms with E-state index >= 15 is 0 Å². The van der Waals surface area contributed by atoms with E-state index in [1.165, 1.54) is 5.57 Å². The van der Waals surface area contributed by atoms with Crippen molar-refractivity contribution in [3.05, 3.63) is 42.5 Å². The van der Waals surface area contributed by atoms with E-state index in [1.54, 1.807) is 6.33 Å². The summed E-state index contributed by atoms with van der Waals surface area (Å²) >= 11 is 0. The molecule has 10 heteroatoms. The molecule has 6 aliphatic rings. The summed E-state index contributed by atoms with van der Waals surface area (Å²) < 4.78 is 22.4. The monoisotopic (exact) mass is 743 g/mol. The second kappa shape index (κ2) is 13.5. The van der Waals surface area contributed by atoms with Crippen molar-refractivity contribution in [2.24, 2.45) is 56.7 Å². The van der Waals surface area contributed by atoms with Crippen LogP contribution in [0.3, 0.4) is 0 Å². The van der Waals surface area contributed by atoms with Gasteiger partial charge in [-0.25, -0.2) is 9.67 Å². The maximum absolute atomic E-state index is 13.7. The predicted molar refractivity (Wildman–Crippen MR) is 207 cm³/mol. The standard InChI is InChI=1S/C44H65N5O5/c1-28(2)29(3)40(5)15-16-41(6)31-9-10-34-39(4)23-33(49-37(47-27-48-49)30-12-19-46-20-13-30)36(54-25-43(45-8)17-21-52-22-18-43)44(34,26-53-24-39)32(31)11-14-42(41,7)35(40)38(50)51/h11-13,19-20,27-29,31,33-36,45H,9-10,14-18,21-26H2,1-8H3,(H,50,51)/t29-,31+,33-,34-,35-,36+,39-,40-,41-,42+,44+/m1/s1. The number of ether oxygens (including phenoxy) is 3. The number of hydrogen-bond acceptors (Lipinski definition) is 8. The number of hydrogen-bond donors (Lipinski definition) is 2. The molecule has 2 saturated heterocycles. The average molecular weight is 744 g/mol. The van der Waals surface area contributed by atoms with Crippen LogP contribution in [0, 0.1) is 56.7 Å². The highest BCUT2D eigenvalue weighted by atomic mass is 16.5. The topological polar surface area (TPSA) is 121 Å². The molecule has 2 bridgehead atoms. The summed E-state index contributed by atoms with van der Waals surface area (Å²) in [4.78, 5) is 22.8. The summed E-state index contributed by atoms with van der Waals surface area (Å²) in [6.45, 7) is 19.7. The third-order valence-corrected chi connectivity index (χ3v) is 17.4. The van der Waals surface area contributed by atoms with Crippen LogP contribution < -0.4 is 5.32 Å². The molecule has 2 aliphatic heterocycles. The smallest absolute Gasteiger partial charge is 0.307 e. The fraction of sp³-hybridized carbons (Fsp3) is 0.773. The fourth-order valence-electron chi connectivity index (χ4n) is 13.8. The number of carbonyl (C=O) groups is 1. The lowest BCUT2D eigenvalue weighted by atomic mass is 9.34. The Morgan fingerprint density at radius 1 is 1.02 bits per heavy atom. The molecule has 2 aromatic rings. The van der Waals surface area contributed by atoms with Gasteiger partial charge in [0.15, 0.2) is 5.82 Å². The van der Waals surface area contributed by atoms with E-state index in [0.29, 0.717) is 50.8 Å². The van der Waals surface area contributed by atoms with Gasteiger partial charge in [-0.2, -0.15) is 5.10 Å². The molecule has 54 heavy (non-hydrogen) atoms. The van der Waals surface area contributed by atoms with Crippen LogP contribution in [0.15, 0.2) is 42.5 Å². The minimum atomic E-state index is -0.627. The highest BCUT2D eigenvalue weighted by molar-refractivity contribution is 5.73. The number of allylic oxidation sites excluding steroid dienone is 1. The Balaban J connectivity index is 1.28. The number of fused-ring (bicyclic) bond motifs is 3. The Bertz CT molecular complexity index is 1740. The highest BCUT2D eigenvalue weighted by Crippen LogP contribution is 2.75. The van der Waals surface area contributed by atoms with Gasteiger partial charge in [0, 0.05) is 42.1 Å². The number of carboxylic acid groups (broad SMARTS) is 1. The number of pyridine rings is 1. The minimum Gasteiger partial charge on any atom is -0.481 e. The number of aliphatic carboxylic acids is 1. The van der Waals surface area contributed by atoms with E-state index < -0.39 is 22.7 Å². The van der Waals surface area contributed by atoms with Gasteiger partial charge in [-0.1, -0.05) is 60.1 Å². The van der Waals surface area contributed by atoms with Crippen molar-refractivity contribution in [3.8, 4) is 11.4 Å². The summed E-state index contributed by atoms with van der Waals surface area (Å²) in [5.74, 6) is 1.09. The van der Waals surface area contributed by atoms with Gasteiger partial charge in [-0.3, -0.25) is 9.78 Å². The second-order valence-electron chi connectivity index (χ2n) is 19.8. The molecule has 2 aromatic heterocycles. The van der Waals surface area contributed by atoms with E-state index in [1.807, 2.05) is 24.5 Å². The molecule has 4 aliphatic carbocycles. The van der Waals surface area contributed by atoms with Gasteiger partial charge in [-0.15, -0.1) is 0 Å². The fourth-order valence-corrected chi connectivity index (χ4v) is 13.8. The molecule has 11 atom stereocenters. The van der Waals surface area contributed by atoms with Gasteiger partial charge in [0.1, 0.15) is 6.33 Å². The van der Waals surface area contributed by atoms with Crippen LogP contribution in [-0.4, -0.2) is 82.5 Å². The lowest BCUT2D eigenvalue weighted by Gasteiger charge is -2.71. The molecule has 0 spiro atoms. The molecule has 296 valence electrons. The summed E-state index contributed by atoms with van der Waals surface area (Å²) in [5.41, 5.74) is 0.916. The first-order valence-electron chi connectivity index (χ1n) is 20.9. The largest absolute Gasteiger partial charge is 0.481 e. The molecule has 0 aromatic carbocycles. The van der Waals surface area contributed by atoms with Crippen molar-refractivity contribution < 1.29 is 24.1 Å². The van der Waals surface area contributed by atoms with Crippen LogP contribution in [0.4, 0.5) is 0 Å². The first-order valence-corrected chi connectivity index (χ1v) is 20.9. The van der Waals surface area contributed by atoms with Gasteiger partial charge in [0.25, 0.3) is 0 Å². The van der Waals surface area contributed by atoms with Crippen molar-refractivity contribution in [1.82, 2.24) is 25.1 Å². The summed E-state index contributed by atoms with van der Waals surface area (Å²) in [5, 5.41) is 19.9. The quantitative estimate of drug-likeness (QED) is 0.250. The van der Waals surface area contributed by atoms with E-state index in [2.05, 4.69) is 76.6 Å². The number of nitrogens with zero attached hydrogens (tertiary/aromatic N) is 4. The Labute approximate surface area is 322 Å².